The minimum atomic E-state index is 0.127. The molecule has 0 spiro atoms. The van der Waals surface area contributed by atoms with Crippen molar-refractivity contribution in [2.45, 2.75) is 16.4 Å². The average molecular weight is 200 g/mol. The van der Waals surface area contributed by atoms with Gasteiger partial charge in [0, 0.05) is 9.79 Å². The molecule has 3 heteroatoms. The van der Waals surface area contributed by atoms with E-state index in [4.69, 9.17) is 5.11 Å². The molecule has 12 heavy (non-hydrogen) atoms. The Morgan fingerprint density at radius 2 is 1.58 bits per heavy atom. The van der Waals surface area contributed by atoms with E-state index >= 15 is 0 Å². The highest BCUT2D eigenvalue weighted by Crippen LogP contribution is 2.24. The van der Waals surface area contributed by atoms with Crippen LogP contribution in [0.4, 0.5) is 0 Å². The number of aliphatic hydroxyl groups excluding tert-OH is 1. The van der Waals surface area contributed by atoms with Crippen molar-refractivity contribution in [3.8, 4) is 0 Å². The van der Waals surface area contributed by atoms with E-state index in [2.05, 4.69) is 6.07 Å². The van der Waals surface area contributed by atoms with Gasteiger partial charge in [0.25, 0.3) is 0 Å². The number of hydrogen-bond donors (Lipinski definition) is 1. The first-order valence-electron chi connectivity index (χ1n) is 3.63. The van der Waals surface area contributed by atoms with Crippen LogP contribution in [0.5, 0.6) is 0 Å². The highest BCUT2D eigenvalue weighted by Gasteiger charge is 1.98. The molecule has 1 rings (SSSR count). The Labute approximate surface area is 81.6 Å². The molecule has 66 valence electrons. The molecule has 1 aromatic rings. The number of rotatable bonds is 3. The van der Waals surface area contributed by atoms with Crippen molar-refractivity contribution in [1.82, 2.24) is 0 Å². The van der Waals surface area contributed by atoms with Crippen LogP contribution < -0.4 is 0 Å². The molecular weight excluding hydrogens is 188 g/mol. The molecule has 0 amide bonds. The third-order valence-corrected chi connectivity index (χ3v) is 3.01. The fourth-order valence-corrected chi connectivity index (χ4v) is 2.06. The summed E-state index contributed by atoms with van der Waals surface area (Å²) in [6.45, 7) is 0.127. The first-order valence-corrected chi connectivity index (χ1v) is 6.08. The lowest BCUT2D eigenvalue weighted by Gasteiger charge is -2.03. The van der Waals surface area contributed by atoms with E-state index in [0.29, 0.717) is 0 Å². The molecule has 0 aliphatic rings. The lowest BCUT2D eigenvalue weighted by atomic mass is 10.2. The van der Waals surface area contributed by atoms with Crippen molar-refractivity contribution < 1.29 is 5.11 Å². The summed E-state index contributed by atoms with van der Waals surface area (Å²) in [4.78, 5) is 2.43. The van der Waals surface area contributed by atoms with E-state index in [-0.39, 0.29) is 6.61 Å². The maximum Gasteiger partial charge on any atom is 0.0682 e. The van der Waals surface area contributed by atoms with Crippen LogP contribution >= 0.6 is 23.5 Å². The first-order chi connectivity index (χ1) is 5.80. The normalized spacial score (nSPS) is 10.2. The number of thioether (sulfide) groups is 2. The Morgan fingerprint density at radius 3 is 1.92 bits per heavy atom. The summed E-state index contributed by atoms with van der Waals surface area (Å²) in [6, 6.07) is 6.17. The van der Waals surface area contributed by atoms with Crippen LogP contribution in [0.15, 0.2) is 28.0 Å². The Kier molecular flexibility index (Phi) is 3.98. The van der Waals surface area contributed by atoms with Gasteiger partial charge in [-0.2, -0.15) is 0 Å². The summed E-state index contributed by atoms with van der Waals surface area (Å²) >= 11 is 3.41. The van der Waals surface area contributed by atoms with E-state index in [0.717, 1.165) is 5.56 Å². The highest BCUT2D eigenvalue weighted by atomic mass is 32.2. The molecular formula is C9H12OS2. The first kappa shape index (κ1) is 9.96. The van der Waals surface area contributed by atoms with Crippen LogP contribution in [0, 0.1) is 0 Å². The third-order valence-electron chi connectivity index (χ3n) is 1.59. The predicted octanol–water partition coefficient (Wildman–Crippen LogP) is 2.62. The van der Waals surface area contributed by atoms with Gasteiger partial charge in [-0.25, -0.2) is 0 Å². The standard InChI is InChI=1S/C9H12OS2/c1-11-8-3-7(6-10)4-9(5-8)12-2/h3-5,10H,6H2,1-2H3. The van der Waals surface area contributed by atoms with Gasteiger partial charge in [-0.15, -0.1) is 23.5 Å². The van der Waals surface area contributed by atoms with E-state index < -0.39 is 0 Å². The molecule has 0 atom stereocenters. The number of benzene rings is 1. The third kappa shape index (κ3) is 2.44. The quantitative estimate of drug-likeness (QED) is 0.757. The Bertz CT molecular complexity index is 205. The molecule has 0 aliphatic heterocycles. The molecule has 0 bridgehead atoms. The number of aliphatic hydroxyl groups is 1. The largest absolute Gasteiger partial charge is 0.392 e. The molecule has 0 heterocycles. The van der Waals surface area contributed by atoms with Crippen molar-refractivity contribution in [1.29, 1.82) is 0 Å². The lowest BCUT2D eigenvalue weighted by Crippen LogP contribution is -1.84. The fourth-order valence-electron chi connectivity index (χ4n) is 0.958. The highest BCUT2D eigenvalue weighted by molar-refractivity contribution is 7.99. The van der Waals surface area contributed by atoms with E-state index in [1.807, 2.05) is 24.6 Å². The van der Waals surface area contributed by atoms with Gasteiger partial charge in [-0.05, 0) is 36.3 Å². The van der Waals surface area contributed by atoms with E-state index in [1.54, 1.807) is 23.5 Å². The topological polar surface area (TPSA) is 20.2 Å². The van der Waals surface area contributed by atoms with Crippen LogP contribution in [0.2, 0.25) is 0 Å². The van der Waals surface area contributed by atoms with Crippen molar-refractivity contribution in [3.63, 3.8) is 0 Å². The summed E-state index contributed by atoms with van der Waals surface area (Å²) in [5.41, 5.74) is 0.992. The van der Waals surface area contributed by atoms with Crippen LogP contribution in [0.1, 0.15) is 5.56 Å². The Balaban J connectivity index is 3.01. The molecule has 1 aromatic carbocycles. The molecule has 0 unspecified atom stereocenters. The van der Waals surface area contributed by atoms with Gasteiger partial charge in [-0.3, -0.25) is 0 Å². The molecule has 0 aliphatic carbocycles. The molecule has 0 radical (unpaired) electrons. The summed E-state index contributed by atoms with van der Waals surface area (Å²) in [5.74, 6) is 0. The monoisotopic (exact) mass is 200 g/mol. The lowest BCUT2D eigenvalue weighted by molar-refractivity contribution is 0.281. The van der Waals surface area contributed by atoms with Gasteiger partial charge >= 0.3 is 0 Å². The smallest absolute Gasteiger partial charge is 0.0682 e. The van der Waals surface area contributed by atoms with Gasteiger partial charge in [0.2, 0.25) is 0 Å². The SMILES string of the molecule is CSc1cc(CO)cc(SC)c1. The van der Waals surface area contributed by atoms with Crippen LogP contribution in [-0.4, -0.2) is 17.6 Å². The van der Waals surface area contributed by atoms with Crippen LogP contribution in [0.3, 0.4) is 0 Å². The molecule has 1 nitrogen and oxygen atoms in total. The van der Waals surface area contributed by atoms with Crippen molar-refractivity contribution >= 4 is 23.5 Å². The molecule has 0 saturated carbocycles. The summed E-state index contributed by atoms with van der Waals surface area (Å²) < 4.78 is 0. The van der Waals surface area contributed by atoms with E-state index in [1.165, 1.54) is 9.79 Å². The maximum absolute atomic E-state index is 8.96. The van der Waals surface area contributed by atoms with Gasteiger partial charge in [0.15, 0.2) is 0 Å². The number of hydrogen-bond acceptors (Lipinski definition) is 3. The maximum atomic E-state index is 8.96. The zero-order chi connectivity index (χ0) is 8.97. The summed E-state index contributed by atoms with van der Waals surface area (Å²) in [5, 5.41) is 8.96. The second-order valence-corrected chi connectivity index (χ2v) is 4.14. The van der Waals surface area contributed by atoms with Crippen LogP contribution in [-0.2, 0) is 6.61 Å². The van der Waals surface area contributed by atoms with Gasteiger partial charge < -0.3 is 5.11 Å². The fraction of sp³-hybridized carbons (Fsp3) is 0.333. The minimum absolute atomic E-state index is 0.127. The van der Waals surface area contributed by atoms with Crippen molar-refractivity contribution in [3.05, 3.63) is 23.8 Å². The van der Waals surface area contributed by atoms with E-state index in [9.17, 15) is 0 Å². The molecule has 0 aromatic heterocycles. The molecule has 1 N–H and O–H groups in total. The van der Waals surface area contributed by atoms with Gasteiger partial charge in [-0.1, -0.05) is 0 Å². The minimum Gasteiger partial charge on any atom is -0.392 e. The molecule has 0 saturated heterocycles. The summed E-state index contributed by atoms with van der Waals surface area (Å²) in [6.07, 6.45) is 4.08. The second kappa shape index (κ2) is 4.80. The van der Waals surface area contributed by atoms with Gasteiger partial charge in [0.1, 0.15) is 0 Å². The Morgan fingerprint density at radius 1 is 1.08 bits per heavy atom. The van der Waals surface area contributed by atoms with Crippen molar-refractivity contribution in [2.75, 3.05) is 12.5 Å². The zero-order valence-electron chi connectivity index (χ0n) is 7.20. The molecule has 0 fully saturated rings. The predicted molar refractivity (Wildman–Crippen MR) is 55.9 cm³/mol. The van der Waals surface area contributed by atoms with Gasteiger partial charge in [0.05, 0.1) is 6.61 Å². The second-order valence-electron chi connectivity index (χ2n) is 2.38. The van der Waals surface area contributed by atoms with Crippen molar-refractivity contribution in [2.24, 2.45) is 0 Å². The average Bonchev–Trinajstić information content (AvgIpc) is 2.16. The Hall–Kier alpha value is -0.120. The summed E-state index contributed by atoms with van der Waals surface area (Å²) in [7, 11) is 0. The van der Waals surface area contributed by atoms with Crippen LogP contribution in [0.25, 0.3) is 0 Å². The zero-order valence-corrected chi connectivity index (χ0v) is 8.84.